The first kappa shape index (κ1) is 24.8. The number of nitrogens with zero attached hydrogens (tertiary/aromatic N) is 2. The molecular weight excluding hydrogens is 460 g/mol. The summed E-state index contributed by atoms with van der Waals surface area (Å²) in [6.07, 6.45) is 2.17. The summed E-state index contributed by atoms with van der Waals surface area (Å²) in [5, 5.41) is 0.781. The minimum Gasteiger partial charge on any atom is -0.497 e. The molecule has 0 fully saturated rings. The van der Waals surface area contributed by atoms with E-state index in [1.807, 2.05) is 50.2 Å². The summed E-state index contributed by atoms with van der Waals surface area (Å²) in [5.41, 5.74) is 7.16. The lowest BCUT2D eigenvalue weighted by Crippen LogP contribution is -2.42. The maximum atomic E-state index is 13.6. The monoisotopic (exact) mass is 490 g/mol. The summed E-state index contributed by atoms with van der Waals surface area (Å²) in [6.45, 7) is 4.50. The minimum absolute atomic E-state index is 0.00584. The zero-order valence-electron chi connectivity index (χ0n) is 20.6. The Morgan fingerprint density at radius 3 is 2.61 bits per heavy atom. The molecule has 9 nitrogen and oxygen atoms in total. The quantitative estimate of drug-likeness (QED) is 0.370. The zero-order chi connectivity index (χ0) is 25.8. The number of nitrogens with one attached hydrogen (secondary N) is 1. The molecule has 0 radical (unpaired) electrons. The van der Waals surface area contributed by atoms with E-state index < -0.39 is 11.2 Å². The van der Waals surface area contributed by atoms with E-state index in [0.29, 0.717) is 23.3 Å². The van der Waals surface area contributed by atoms with Crippen LogP contribution >= 0.6 is 0 Å². The van der Waals surface area contributed by atoms with E-state index in [4.69, 9.17) is 14.9 Å². The lowest BCUT2D eigenvalue weighted by atomic mass is 10.1. The first-order valence-electron chi connectivity index (χ1n) is 11.8. The molecule has 0 saturated heterocycles. The third-order valence-corrected chi connectivity index (χ3v) is 6.10. The number of nitrogen functional groups attached to an aromatic ring is 1. The number of H-pyrrole nitrogens is 1. The van der Waals surface area contributed by atoms with Gasteiger partial charge in [-0.1, -0.05) is 44.2 Å². The van der Waals surface area contributed by atoms with Crippen molar-refractivity contribution in [3.63, 3.8) is 0 Å². The molecule has 4 rings (SSSR count). The molecule has 0 aliphatic carbocycles. The van der Waals surface area contributed by atoms with Gasteiger partial charge in [0.2, 0.25) is 5.91 Å². The molecule has 0 aliphatic heterocycles. The second-order valence-corrected chi connectivity index (χ2v) is 9.09. The number of carbonyl (C=O) groups excluding carboxylic acids is 1. The summed E-state index contributed by atoms with van der Waals surface area (Å²) < 4.78 is 12.2. The number of fused-ring (bicyclic) bond motifs is 1. The van der Waals surface area contributed by atoms with E-state index in [0.717, 1.165) is 10.9 Å². The molecule has 2 aromatic heterocycles. The average molecular weight is 491 g/mol. The number of hydrogen-bond acceptors (Lipinski definition) is 6. The van der Waals surface area contributed by atoms with Gasteiger partial charge in [-0.2, -0.15) is 0 Å². The van der Waals surface area contributed by atoms with E-state index in [-0.39, 0.29) is 42.8 Å². The van der Waals surface area contributed by atoms with Gasteiger partial charge in [-0.3, -0.25) is 19.1 Å². The van der Waals surface area contributed by atoms with Crippen molar-refractivity contribution >= 4 is 28.4 Å². The molecule has 9 heteroatoms. The van der Waals surface area contributed by atoms with E-state index in [1.54, 1.807) is 19.2 Å². The Balaban J connectivity index is 1.72. The van der Waals surface area contributed by atoms with Gasteiger partial charge in [-0.15, -0.1) is 0 Å². The van der Waals surface area contributed by atoms with Gasteiger partial charge >= 0.3 is 5.69 Å². The molecule has 2 heterocycles. The molecule has 0 aliphatic rings. The molecule has 2 aromatic carbocycles. The average Bonchev–Trinajstić information content (AvgIpc) is 3.25. The number of anilines is 2. The lowest BCUT2D eigenvalue weighted by Gasteiger charge is -2.25. The van der Waals surface area contributed by atoms with Gasteiger partial charge in [0.15, 0.2) is 5.69 Å². The molecule has 0 saturated carbocycles. The van der Waals surface area contributed by atoms with Crippen LogP contribution in [0.2, 0.25) is 0 Å². The first-order chi connectivity index (χ1) is 17.3. The van der Waals surface area contributed by atoms with Gasteiger partial charge in [0.1, 0.15) is 17.2 Å². The van der Waals surface area contributed by atoms with Gasteiger partial charge in [0.05, 0.1) is 26.3 Å². The number of benzene rings is 2. The van der Waals surface area contributed by atoms with Crippen LogP contribution in [-0.4, -0.2) is 29.1 Å². The van der Waals surface area contributed by atoms with Crippen LogP contribution < -0.4 is 26.6 Å². The fourth-order valence-electron chi connectivity index (χ4n) is 4.10. The predicted molar refractivity (Wildman–Crippen MR) is 140 cm³/mol. The Kier molecular flexibility index (Phi) is 7.28. The number of rotatable bonds is 9. The second-order valence-electron chi connectivity index (χ2n) is 9.09. The number of nitrogens with two attached hydrogens (primary N) is 1. The van der Waals surface area contributed by atoms with E-state index >= 15 is 0 Å². The van der Waals surface area contributed by atoms with E-state index in [1.165, 1.54) is 15.7 Å². The molecule has 0 unspecified atom stereocenters. The van der Waals surface area contributed by atoms with Crippen LogP contribution in [0.4, 0.5) is 11.5 Å². The third-order valence-electron chi connectivity index (χ3n) is 6.10. The molecule has 0 bridgehead atoms. The predicted octanol–water partition coefficient (Wildman–Crippen LogP) is 3.54. The molecule has 3 N–H and O–H groups in total. The van der Waals surface area contributed by atoms with E-state index in [2.05, 4.69) is 4.98 Å². The first-order valence-corrected chi connectivity index (χ1v) is 11.8. The minimum atomic E-state index is -0.694. The molecule has 0 atom stereocenters. The molecule has 188 valence electrons. The fourth-order valence-corrected chi connectivity index (χ4v) is 4.10. The number of aromatic amines is 1. The zero-order valence-corrected chi connectivity index (χ0v) is 20.6. The number of hydrogen-bond donors (Lipinski definition) is 2. The third kappa shape index (κ3) is 5.19. The van der Waals surface area contributed by atoms with Crippen molar-refractivity contribution in [1.82, 2.24) is 9.55 Å². The molecular formula is C27H30N4O5. The summed E-state index contributed by atoms with van der Waals surface area (Å²) in [7, 11) is 1.57. The highest BCUT2D eigenvalue weighted by Gasteiger charge is 2.25. The lowest BCUT2D eigenvalue weighted by molar-refractivity contribution is -0.118. The highest BCUT2D eigenvalue weighted by molar-refractivity contribution is 5.99. The standard InChI is InChI=1S/C27H30N4O5/c1-17(2)11-12-30(23(32)13-19-16-36-22-14-20(35-3)9-10-21(19)22)24-25(28)31(27(34)29-26(24)33)15-18-7-5-4-6-8-18/h4-10,14,16-17H,11-13,15,28H2,1-3H3,(H,29,33,34). The number of ether oxygens (including phenoxy) is 1. The van der Waals surface area contributed by atoms with Crippen molar-refractivity contribution in [2.24, 2.45) is 5.92 Å². The maximum Gasteiger partial charge on any atom is 0.330 e. The van der Waals surface area contributed by atoms with Gasteiger partial charge in [-0.05, 0) is 30.0 Å². The Morgan fingerprint density at radius 1 is 1.17 bits per heavy atom. The van der Waals surface area contributed by atoms with Gasteiger partial charge < -0.3 is 19.8 Å². The van der Waals surface area contributed by atoms with Crippen molar-refractivity contribution < 1.29 is 13.9 Å². The van der Waals surface area contributed by atoms with Crippen LogP contribution in [-0.2, 0) is 17.8 Å². The van der Waals surface area contributed by atoms with Crippen molar-refractivity contribution in [3.8, 4) is 5.75 Å². The smallest absolute Gasteiger partial charge is 0.330 e. The van der Waals surface area contributed by atoms with Crippen LogP contribution in [0.25, 0.3) is 11.0 Å². The van der Waals surface area contributed by atoms with Crippen LogP contribution in [0.1, 0.15) is 31.4 Å². The highest BCUT2D eigenvalue weighted by Crippen LogP contribution is 2.27. The van der Waals surface area contributed by atoms with Crippen LogP contribution in [0.5, 0.6) is 5.75 Å². The number of furan rings is 1. The van der Waals surface area contributed by atoms with Crippen molar-refractivity contribution in [2.45, 2.75) is 33.2 Å². The number of amides is 1. The fraction of sp³-hybridized carbons (Fsp3) is 0.296. The molecule has 0 spiro atoms. The molecule has 4 aromatic rings. The van der Waals surface area contributed by atoms with Crippen molar-refractivity contribution in [3.05, 3.63) is 86.8 Å². The largest absolute Gasteiger partial charge is 0.497 e. The van der Waals surface area contributed by atoms with Gasteiger partial charge in [-0.25, -0.2) is 4.79 Å². The summed E-state index contributed by atoms with van der Waals surface area (Å²) >= 11 is 0. The van der Waals surface area contributed by atoms with Crippen molar-refractivity contribution in [2.75, 3.05) is 24.3 Å². The van der Waals surface area contributed by atoms with Crippen molar-refractivity contribution in [1.29, 1.82) is 0 Å². The number of methoxy groups -OCH3 is 1. The van der Waals surface area contributed by atoms with Gasteiger partial charge in [0.25, 0.3) is 5.56 Å². The SMILES string of the molecule is COc1ccc2c(CC(=O)N(CCC(C)C)c3c(N)n(Cc4ccccc4)c(=O)[nH]c3=O)coc2c1. The topological polar surface area (TPSA) is 124 Å². The summed E-state index contributed by atoms with van der Waals surface area (Å²) in [4.78, 5) is 42.9. The molecule has 1 amide bonds. The number of aromatic nitrogens is 2. The Bertz CT molecular complexity index is 1480. The summed E-state index contributed by atoms with van der Waals surface area (Å²) in [5.74, 6) is 0.550. The Morgan fingerprint density at radius 2 is 1.92 bits per heavy atom. The molecule has 36 heavy (non-hydrogen) atoms. The van der Waals surface area contributed by atoms with Crippen LogP contribution in [0.15, 0.2) is 68.8 Å². The van der Waals surface area contributed by atoms with Gasteiger partial charge in [0, 0.05) is 23.6 Å². The Hall–Kier alpha value is -4.27. The van der Waals surface area contributed by atoms with Crippen LogP contribution in [0.3, 0.4) is 0 Å². The summed E-state index contributed by atoms with van der Waals surface area (Å²) in [6, 6.07) is 14.7. The van der Waals surface area contributed by atoms with E-state index in [9.17, 15) is 14.4 Å². The normalized spacial score (nSPS) is 11.2. The Labute approximate surface area is 208 Å². The maximum absolute atomic E-state index is 13.6. The second kappa shape index (κ2) is 10.6. The van der Waals surface area contributed by atoms with Crippen LogP contribution in [0, 0.1) is 5.92 Å². The number of carbonyl (C=O) groups is 1. The highest BCUT2D eigenvalue weighted by atomic mass is 16.5.